The highest BCUT2D eigenvalue weighted by Gasteiger charge is 2.10. The summed E-state index contributed by atoms with van der Waals surface area (Å²) in [5.74, 6) is 0. The van der Waals surface area contributed by atoms with Gasteiger partial charge in [0.2, 0.25) is 0 Å². The first-order chi connectivity index (χ1) is 7.75. The molecule has 0 aliphatic carbocycles. The van der Waals surface area contributed by atoms with Crippen molar-refractivity contribution >= 4 is 23.0 Å². The second kappa shape index (κ2) is 5.82. The van der Waals surface area contributed by atoms with E-state index in [2.05, 4.69) is 4.31 Å². The third-order valence-electron chi connectivity index (χ3n) is 2.57. The number of benzene rings is 1. The maximum atomic E-state index is 10.7. The van der Waals surface area contributed by atoms with E-state index in [-0.39, 0.29) is 0 Å². The lowest BCUT2D eigenvalue weighted by Crippen LogP contribution is -2.22. The van der Waals surface area contributed by atoms with Crippen LogP contribution in [0.15, 0.2) is 34.1 Å². The highest BCUT2D eigenvalue weighted by Crippen LogP contribution is 2.26. The van der Waals surface area contributed by atoms with E-state index in [1.165, 1.54) is 19.3 Å². The van der Waals surface area contributed by atoms with Crippen molar-refractivity contribution in [3.05, 3.63) is 24.3 Å². The SMILES string of the molecule is O=S([O-])c1ccc(SN2CCCCC2)cc1. The Hall–Kier alpha value is -0.360. The number of nitrogens with zero attached hydrogens (tertiary/aromatic N) is 1. The fraction of sp³-hybridized carbons (Fsp3) is 0.455. The predicted octanol–water partition coefficient (Wildman–Crippen LogP) is 2.42. The first-order valence-electron chi connectivity index (χ1n) is 5.38. The van der Waals surface area contributed by atoms with E-state index in [1.54, 1.807) is 24.1 Å². The maximum Gasteiger partial charge on any atom is 0.0249 e. The lowest BCUT2D eigenvalue weighted by atomic mass is 10.2. The van der Waals surface area contributed by atoms with Gasteiger partial charge in [-0.3, -0.25) is 4.21 Å². The van der Waals surface area contributed by atoms with Gasteiger partial charge >= 0.3 is 0 Å². The largest absolute Gasteiger partial charge is 0.768 e. The molecule has 1 fully saturated rings. The predicted molar refractivity (Wildman–Crippen MR) is 64.9 cm³/mol. The second-order valence-electron chi connectivity index (χ2n) is 3.79. The molecule has 1 atom stereocenters. The lowest BCUT2D eigenvalue weighted by molar-refractivity contribution is 0.380. The summed E-state index contributed by atoms with van der Waals surface area (Å²) >= 11 is -0.399. The van der Waals surface area contributed by atoms with Gasteiger partial charge in [0.25, 0.3) is 0 Å². The maximum absolute atomic E-state index is 10.7. The highest BCUT2D eigenvalue weighted by molar-refractivity contribution is 7.97. The first-order valence-corrected chi connectivity index (χ1v) is 7.23. The van der Waals surface area contributed by atoms with Crippen LogP contribution in [0.5, 0.6) is 0 Å². The molecule has 3 nitrogen and oxygen atoms in total. The van der Waals surface area contributed by atoms with Gasteiger partial charge in [0.15, 0.2) is 0 Å². The van der Waals surface area contributed by atoms with Gasteiger partial charge in [0, 0.05) is 22.9 Å². The molecule has 0 N–H and O–H groups in total. The number of hydrogen-bond donors (Lipinski definition) is 0. The molecule has 0 aromatic heterocycles. The van der Waals surface area contributed by atoms with Gasteiger partial charge < -0.3 is 4.55 Å². The minimum Gasteiger partial charge on any atom is -0.768 e. The summed E-state index contributed by atoms with van der Waals surface area (Å²) in [7, 11) is 0. The molecular weight excluding hydrogens is 242 g/mol. The van der Waals surface area contributed by atoms with Crippen LogP contribution in [0.1, 0.15) is 19.3 Å². The highest BCUT2D eigenvalue weighted by atomic mass is 32.2. The molecule has 16 heavy (non-hydrogen) atoms. The monoisotopic (exact) mass is 256 g/mol. The summed E-state index contributed by atoms with van der Waals surface area (Å²) in [6, 6.07) is 7.03. The van der Waals surface area contributed by atoms with Crippen LogP contribution in [0.2, 0.25) is 0 Å². The molecule has 0 saturated carbocycles. The van der Waals surface area contributed by atoms with E-state index < -0.39 is 11.1 Å². The van der Waals surface area contributed by atoms with E-state index in [4.69, 9.17) is 0 Å². The van der Waals surface area contributed by atoms with Gasteiger partial charge in [0.1, 0.15) is 0 Å². The number of rotatable bonds is 3. The van der Waals surface area contributed by atoms with E-state index in [9.17, 15) is 8.76 Å². The molecule has 0 radical (unpaired) electrons. The molecule has 1 aliphatic rings. The van der Waals surface area contributed by atoms with Gasteiger partial charge in [0.05, 0.1) is 0 Å². The summed E-state index contributed by atoms with van der Waals surface area (Å²) in [4.78, 5) is 1.46. The van der Waals surface area contributed by atoms with Crippen LogP contribution in [-0.2, 0) is 11.1 Å². The topological polar surface area (TPSA) is 43.4 Å². The van der Waals surface area contributed by atoms with Crippen molar-refractivity contribution < 1.29 is 8.76 Å². The standard InChI is InChI=1S/C11H15NO2S2/c13-16(14)11-6-4-10(5-7-11)15-12-8-2-1-3-9-12/h4-7H,1-3,8-9H2,(H,13,14)/p-1. The summed E-state index contributed by atoms with van der Waals surface area (Å²) in [6.45, 7) is 2.25. The van der Waals surface area contributed by atoms with Crippen LogP contribution in [0.4, 0.5) is 0 Å². The number of hydrogen-bond acceptors (Lipinski definition) is 4. The average Bonchev–Trinajstić information content (AvgIpc) is 2.31. The summed E-state index contributed by atoms with van der Waals surface area (Å²) in [6.07, 6.45) is 3.84. The van der Waals surface area contributed by atoms with E-state index in [0.29, 0.717) is 4.90 Å². The Balaban J connectivity index is 1.96. The third kappa shape index (κ3) is 3.31. The first kappa shape index (κ1) is 12.1. The molecule has 5 heteroatoms. The molecule has 0 bridgehead atoms. The molecule has 2 rings (SSSR count). The Morgan fingerprint density at radius 3 is 2.31 bits per heavy atom. The second-order valence-corrected chi connectivity index (χ2v) is 5.90. The number of piperidine rings is 1. The van der Waals surface area contributed by atoms with Crippen molar-refractivity contribution in [2.75, 3.05) is 13.1 Å². The quantitative estimate of drug-likeness (QED) is 0.615. The molecule has 1 unspecified atom stereocenters. The van der Waals surface area contributed by atoms with Crippen LogP contribution in [0, 0.1) is 0 Å². The van der Waals surface area contributed by atoms with E-state index in [1.807, 2.05) is 12.1 Å². The Bertz CT molecular complexity index is 361. The van der Waals surface area contributed by atoms with Crippen molar-refractivity contribution in [2.45, 2.75) is 29.1 Å². The van der Waals surface area contributed by atoms with Crippen LogP contribution in [0.25, 0.3) is 0 Å². The Labute approximate surface area is 103 Å². The lowest BCUT2D eigenvalue weighted by Gasteiger charge is -2.25. The molecule has 0 spiro atoms. The molecule has 1 aromatic rings. The molecule has 1 aromatic carbocycles. The molecule has 1 heterocycles. The minimum atomic E-state index is -2.12. The fourth-order valence-corrected chi connectivity index (χ4v) is 3.07. The normalized spacial score (nSPS) is 19.6. The van der Waals surface area contributed by atoms with Crippen molar-refractivity contribution in [1.82, 2.24) is 4.31 Å². The van der Waals surface area contributed by atoms with Gasteiger partial charge in [-0.25, -0.2) is 4.31 Å². The fourth-order valence-electron chi connectivity index (χ4n) is 1.72. The van der Waals surface area contributed by atoms with E-state index in [0.717, 1.165) is 18.0 Å². The van der Waals surface area contributed by atoms with Crippen LogP contribution in [-0.4, -0.2) is 26.2 Å². The van der Waals surface area contributed by atoms with Crippen molar-refractivity contribution in [3.8, 4) is 0 Å². The van der Waals surface area contributed by atoms with Crippen molar-refractivity contribution in [2.24, 2.45) is 0 Å². The zero-order valence-corrected chi connectivity index (χ0v) is 10.6. The minimum absolute atomic E-state index is 0.350. The average molecular weight is 256 g/mol. The summed E-state index contributed by atoms with van der Waals surface area (Å²) in [5, 5.41) is 0. The van der Waals surface area contributed by atoms with Crippen LogP contribution in [0.3, 0.4) is 0 Å². The van der Waals surface area contributed by atoms with Gasteiger partial charge in [-0.15, -0.1) is 0 Å². The van der Waals surface area contributed by atoms with Crippen LogP contribution >= 0.6 is 11.9 Å². The summed E-state index contributed by atoms with van der Waals surface area (Å²) < 4.78 is 23.7. The summed E-state index contributed by atoms with van der Waals surface area (Å²) in [5.41, 5.74) is 0. The van der Waals surface area contributed by atoms with Gasteiger partial charge in [-0.2, -0.15) is 0 Å². The Morgan fingerprint density at radius 1 is 1.12 bits per heavy atom. The van der Waals surface area contributed by atoms with Crippen molar-refractivity contribution in [3.63, 3.8) is 0 Å². The van der Waals surface area contributed by atoms with Crippen LogP contribution < -0.4 is 0 Å². The molecular formula is C11H14NO2S2-. The molecule has 0 amide bonds. The molecule has 88 valence electrons. The van der Waals surface area contributed by atoms with Crippen molar-refractivity contribution in [1.29, 1.82) is 0 Å². The zero-order chi connectivity index (χ0) is 11.4. The third-order valence-corrected chi connectivity index (χ3v) is 4.33. The van der Waals surface area contributed by atoms with Gasteiger partial charge in [-0.1, -0.05) is 6.42 Å². The Morgan fingerprint density at radius 2 is 1.75 bits per heavy atom. The van der Waals surface area contributed by atoms with E-state index >= 15 is 0 Å². The van der Waals surface area contributed by atoms with Gasteiger partial charge in [-0.05, 0) is 60.1 Å². The molecule has 1 aliphatic heterocycles. The molecule has 1 saturated heterocycles. The zero-order valence-electron chi connectivity index (χ0n) is 8.93. The Kier molecular flexibility index (Phi) is 4.40. The smallest absolute Gasteiger partial charge is 0.0249 e.